The summed E-state index contributed by atoms with van der Waals surface area (Å²) in [6.07, 6.45) is 3.51. The van der Waals surface area contributed by atoms with E-state index >= 15 is 0 Å². The number of aryl methyl sites for hydroxylation is 2. The predicted molar refractivity (Wildman–Crippen MR) is 135 cm³/mol. The van der Waals surface area contributed by atoms with Gasteiger partial charge in [0.1, 0.15) is 17.1 Å². The summed E-state index contributed by atoms with van der Waals surface area (Å²) in [4.78, 5) is 38.4. The molecule has 0 unspecified atom stereocenters. The van der Waals surface area contributed by atoms with Gasteiger partial charge in [0, 0.05) is 6.42 Å². The number of imide groups is 2. The fraction of sp³-hybridized carbons (Fsp3) is 0.250. The molecule has 9 heteroatoms. The van der Waals surface area contributed by atoms with Crippen LogP contribution >= 0.6 is 0 Å². The van der Waals surface area contributed by atoms with Crippen LogP contribution in [0.15, 0.2) is 64.8 Å². The van der Waals surface area contributed by atoms with Gasteiger partial charge in [-0.05, 0) is 60.9 Å². The first kappa shape index (κ1) is 25.6. The van der Waals surface area contributed by atoms with Crippen molar-refractivity contribution in [3.63, 3.8) is 0 Å². The van der Waals surface area contributed by atoms with E-state index in [4.69, 9.17) is 18.6 Å². The number of furan rings is 1. The van der Waals surface area contributed by atoms with Gasteiger partial charge in [-0.3, -0.25) is 19.8 Å². The number of rotatable bonds is 10. The van der Waals surface area contributed by atoms with Crippen LogP contribution in [0.1, 0.15) is 28.9 Å². The van der Waals surface area contributed by atoms with Crippen LogP contribution in [0.2, 0.25) is 0 Å². The maximum atomic E-state index is 12.9. The number of carbonyl (C=O) groups excluding carboxylic acids is 3. The van der Waals surface area contributed by atoms with Gasteiger partial charge in [-0.1, -0.05) is 24.3 Å². The van der Waals surface area contributed by atoms with Gasteiger partial charge in [-0.2, -0.15) is 0 Å². The minimum atomic E-state index is -0.800. The fourth-order valence-corrected chi connectivity index (χ4v) is 3.90. The van der Waals surface area contributed by atoms with Crippen LogP contribution in [0.3, 0.4) is 0 Å². The first-order chi connectivity index (χ1) is 17.9. The first-order valence-corrected chi connectivity index (χ1v) is 11.8. The molecule has 0 saturated carbocycles. The number of barbiturate groups is 1. The Labute approximate surface area is 214 Å². The zero-order valence-corrected chi connectivity index (χ0v) is 20.9. The molecule has 0 radical (unpaired) electrons. The SMILES string of the molecule is COc1cc(C=C2C(=O)NC(=O)N(Cc3ccco3)C2=O)ccc1OCCCOc1c(C)cccc1C. The first-order valence-electron chi connectivity index (χ1n) is 11.8. The molecule has 0 spiro atoms. The Morgan fingerprint density at radius 1 is 0.946 bits per heavy atom. The number of carbonyl (C=O) groups is 3. The molecule has 1 aromatic heterocycles. The summed E-state index contributed by atoms with van der Waals surface area (Å²) in [7, 11) is 1.51. The summed E-state index contributed by atoms with van der Waals surface area (Å²) in [5.41, 5.74) is 2.54. The van der Waals surface area contributed by atoms with Crippen LogP contribution < -0.4 is 19.5 Å². The Morgan fingerprint density at radius 3 is 2.41 bits per heavy atom. The van der Waals surface area contributed by atoms with Crippen molar-refractivity contribution >= 4 is 23.9 Å². The minimum Gasteiger partial charge on any atom is -0.493 e. The minimum absolute atomic E-state index is 0.0918. The largest absolute Gasteiger partial charge is 0.493 e. The number of amides is 4. The summed E-state index contributed by atoms with van der Waals surface area (Å²) in [5, 5.41) is 2.19. The number of nitrogens with one attached hydrogen (secondary N) is 1. The molecule has 1 saturated heterocycles. The Hall–Kier alpha value is -4.53. The molecule has 4 amide bonds. The van der Waals surface area contributed by atoms with Crippen LogP contribution in [-0.4, -0.2) is 43.1 Å². The molecule has 1 N–H and O–H groups in total. The van der Waals surface area contributed by atoms with Crippen LogP contribution in [0.4, 0.5) is 4.79 Å². The molecule has 1 aliphatic heterocycles. The van der Waals surface area contributed by atoms with Gasteiger partial charge < -0.3 is 18.6 Å². The lowest BCUT2D eigenvalue weighted by Crippen LogP contribution is -2.53. The van der Waals surface area contributed by atoms with Crippen LogP contribution in [-0.2, 0) is 16.1 Å². The molecule has 192 valence electrons. The lowest BCUT2D eigenvalue weighted by atomic mass is 10.1. The van der Waals surface area contributed by atoms with Gasteiger partial charge in [0.15, 0.2) is 11.5 Å². The smallest absolute Gasteiger partial charge is 0.331 e. The second kappa shape index (κ2) is 11.5. The van der Waals surface area contributed by atoms with Gasteiger partial charge in [-0.15, -0.1) is 0 Å². The Kier molecular flexibility index (Phi) is 7.92. The third-order valence-corrected chi connectivity index (χ3v) is 5.78. The highest BCUT2D eigenvalue weighted by molar-refractivity contribution is 6.30. The third-order valence-electron chi connectivity index (χ3n) is 5.78. The molecule has 9 nitrogen and oxygen atoms in total. The Bertz CT molecular complexity index is 1310. The average molecular weight is 505 g/mol. The quantitative estimate of drug-likeness (QED) is 0.247. The molecule has 2 heterocycles. The van der Waals surface area contributed by atoms with E-state index in [9.17, 15) is 14.4 Å². The van der Waals surface area contributed by atoms with Crippen molar-refractivity contribution in [3.8, 4) is 17.2 Å². The van der Waals surface area contributed by atoms with Crippen LogP contribution in [0, 0.1) is 13.8 Å². The van der Waals surface area contributed by atoms with Crippen molar-refractivity contribution < 1.29 is 33.0 Å². The zero-order valence-electron chi connectivity index (χ0n) is 20.9. The number of benzene rings is 2. The second-order valence-corrected chi connectivity index (χ2v) is 8.47. The highest BCUT2D eigenvalue weighted by Crippen LogP contribution is 2.30. The molecule has 3 aromatic rings. The maximum Gasteiger partial charge on any atom is 0.331 e. The number of ether oxygens (including phenoxy) is 3. The highest BCUT2D eigenvalue weighted by Gasteiger charge is 2.36. The third kappa shape index (κ3) is 6.00. The molecule has 1 aliphatic rings. The number of nitrogens with zero attached hydrogens (tertiary/aromatic N) is 1. The molecule has 0 bridgehead atoms. The zero-order chi connectivity index (χ0) is 26.4. The predicted octanol–water partition coefficient (Wildman–Crippen LogP) is 4.41. The summed E-state index contributed by atoms with van der Waals surface area (Å²) >= 11 is 0. The van der Waals surface area contributed by atoms with E-state index < -0.39 is 17.8 Å². The summed E-state index contributed by atoms with van der Waals surface area (Å²) in [6, 6.07) is 13.6. The van der Waals surface area contributed by atoms with Crippen molar-refractivity contribution in [2.45, 2.75) is 26.8 Å². The number of urea groups is 1. The van der Waals surface area contributed by atoms with Crippen LogP contribution in [0.25, 0.3) is 6.08 Å². The van der Waals surface area contributed by atoms with E-state index in [-0.39, 0.29) is 12.1 Å². The van der Waals surface area contributed by atoms with Gasteiger partial charge in [-0.25, -0.2) is 4.79 Å². The monoisotopic (exact) mass is 504 g/mol. The van der Waals surface area contributed by atoms with Crippen molar-refractivity contribution in [2.24, 2.45) is 0 Å². The van der Waals surface area contributed by atoms with E-state index in [1.54, 1.807) is 30.3 Å². The lowest BCUT2D eigenvalue weighted by Gasteiger charge is -2.25. The molecule has 37 heavy (non-hydrogen) atoms. The summed E-state index contributed by atoms with van der Waals surface area (Å²) in [5.74, 6) is 0.785. The molecular weight excluding hydrogens is 476 g/mol. The molecule has 1 fully saturated rings. The molecular formula is C28H28N2O7. The maximum absolute atomic E-state index is 12.9. The summed E-state index contributed by atoms with van der Waals surface area (Å²) < 4.78 is 22.4. The van der Waals surface area contributed by atoms with Gasteiger partial charge in [0.25, 0.3) is 11.8 Å². The van der Waals surface area contributed by atoms with Gasteiger partial charge in [0.2, 0.25) is 0 Å². The molecule has 0 atom stereocenters. The highest BCUT2D eigenvalue weighted by atomic mass is 16.5. The van der Waals surface area contributed by atoms with E-state index in [0.717, 1.165) is 21.8 Å². The van der Waals surface area contributed by atoms with E-state index in [0.29, 0.717) is 42.5 Å². The molecule has 0 aliphatic carbocycles. The topological polar surface area (TPSA) is 107 Å². The van der Waals surface area contributed by atoms with E-state index in [1.165, 1.54) is 19.4 Å². The van der Waals surface area contributed by atoms with Gasteiger partial charge in [0.05, 0.1) is 33.1 Å². The van der Waals surface area contributed by atoms with Gasteiger partial charge >= 0.3 is 6.03 Å². The van der Waals surface area contributed by atoms with Crippen molar-refractivity contribution in [1.82, 2.24) is 10.2 Å². The number of hydrogen-bond acceptors (Lipinski definition) is 7. The standard InChI is InChI=1S/C28H28N2O7/c1-18-7-4-8-19(2)25(18)37-14-6-13-36-23-11-10-20(16-24(23)34-3)15-22-26(31)29-28(33)30(27(22)32)17-21-9-5-12-35-21/h4-5,7-12,15-16H,6,13-14,17H2,1-3H3,(H,29,31,33). The van der Waals surface area contributed by atoms with Crippen molar-refractivity contribution in [2.75, 3.05) is 20.3 Å². The second-order valence-electron chi connectivity index (χ2n) is 8.47. The normalized spacial score (nSPS) is 14.6. The number of para-hydroxylation sites is 1. The van der Waals surface area contributed by atoms with E-state index in [2.05, 4.69) is 5.32 Å². The van der Waals surface area contributed by atoms with Crippen molar-refractivity contribution in [3.05, 3.63) is 82.8 Å². The fourth-order valence-electron chi connectivity index (χ4n) is 3.90. The van der Waals surface area contributed by atoms with Crippen LogP contribution in [0.5, 0.6) is 17.2 Å². The number of methoxy groups -OCH3 is 1. The Morgan fingerprint density at radius 2 is 1.70 bits per heavy atom. The van der Waals surface area contributed by atoms with Crippen molar-refractivity contribution in [1.29, 1.82) is 0 Å². The Balaban J connectivity index is 1.40. The van der Waals surface area contributed by atoms with E-state index in [1.807, 2.05) is 32.0 Å². The summed E-state index contributed by atoms with van der Waals surface area (Å²) in [6.45, 7) is 4.85. The molecule has 4 rings (SSSR count). The lowest BCUT2D eigenvalue weighted by molar-refractivity contribution is -0.130. The number of hydrogen-bond donors (Lipinski definition) is 1. The average Bonchev–Trinajstić information content (AvgIpc) is 3.39. The molecule has 2 aromatic carbocycles.